The zero-order valence-electron chi connectivity index (χ0n) is 20.1. The number of pyridine rings is 1. The number of nitrogens with zero attached hydrogens (tertiary/aromatic N) is 2. The first-order valence-corrected chi connectivity index (χ1v) is 12.5. The van der Waals surface area contributed by atoms with Gasteiger partial charge in [0.05, 0.1) is 18.9 Å². The van der Waals surface area contributed by atoms with Gasteiger partial charge in [-0.25, -0.2) is 0 Å². The molecule has 1 fully saturated rings. The summed E-state index contributed by atoms with van der Waals surface area (Å²) in [6, 6.07) is 21.0. The van der Waals surface area contributed by atoms with Crippen LogP contribution in [0.25, 0.3) is 10.9 Å². The van der Waals surface area contributed by atoms with E-state index < -0.39 is 0 Å². The summed E-state index contributed by atoms with van der Waals surface area (Å²) >= 11 is 0. The highest BCUT2D eigenvalue weighted by molar-refractivity contribution is 5.83. The zero-order chi connectivity index (χ0) is 23.7. The van der Waals surface area contributed by atoms with Gasteiger partial charge in [0, 0.05) is 79.6 Å². The molecule has 2 aromatic carbocycles. The molecule has 4 N–H and O–H groups in total. The normalized spacial score (nSPS) is 14.3. The summed E-state index contributed by atoms with van der Waals surface area (Å²) in [5.74, 6) is 0. The van der Waals surface area contributed by atoms with Crippen LogP contribution in [0.1, 0.15) is 11.3 Å². The van der Waals surface area contributed by atoms with Gasteiger partial charge >= 0.3 is 0 Å². The molecule has 4 aromatic rings. The Bertz CT molecular complexity index is 1200. The standard InChI is InChI=1S/C28H34N6O/c1-2-4-28-27(3-1)22(20-32-28)9-11-30-23-5-7-24(8-6-23)33-25-10-12-31-26(19-25)21-29-13-14-34-15-17-35-18-16-34/h1-8,10,12,19-20,29-30,32H,9,11,13-18,21H2,(H,31,33). The third-order valence-electron chi connectivity index (χ3n) is 6.40. The molecule has 0 spiro atoms. The average Bonchev–Trinajstić information content (AvgIpc) is 3.32. The number of nitrogens with one attached hydrogen (secondary N) is 4. The van der Waals surface area contributed by atoms with Crippen molar-refractivity contribution in [3.8, 4) is 0 Å². The van der Waals surface area contributed by atoms with E-state index >= 15 is 0 Å². The van der Waals surface area contributed by atoms with Crippen LogP contribution in [0.2, 0.25) is 0 Å². The molecule has 2 aromatic heterocycles. The molecule has 1 aliphatic heterocycles. The maximum atomic E-state index is 5.40. The fraction of sp³-hybridized carbons (Fsp3) is 0.321. The molecule has 0 unspecified atom stereocenters. The van der Waals surface area contributed by atoms with E-state index in [0.29, 0.717) is 0 Å². The van der Waals surface area contributed by atoms with Crippen molar-refractivity contribution in [3.05, 3.63) is 84.3 Å². The van der Waals surface area contributed by atoms with Crippen molar-refractivity contribution in [1.82, 2.24) is 20.2 Å². The summed E-state index contributed by atoms with van der Waals surface area (Å²) < 4.78 is 5.40. The molecule has 0 amide bonds. The van der Waals surface area contributed by atoms with Crippen molar-refractivity contribution in [2.45, 2.75) is 13.0 Å². The molecular weight excluding hydrogens is 436 g/mol. The Morgan fingerprint density at radius 2 is 1.74 bits per heavy atom. The minimum absolute atomic E-state index is 0.763. The molecule has 35 heavy (non-hydrogen) atoms. The maximum absolute atomic E-state index is 5.40. The van der Waals surface area contributed by atoms with E-state index in [1.807, 2.05) is 12.3 Å². The molecule has 0 radical (unpaired) electrons. The number of rotatable bonds is 11. The number of anilines is 3. The van der Waals surface area contributed by atoms with Crippen molar-refractivity contribution in [1.29, 1.82) is 0 Å². The predicted molar refractivity (Wildman–Crippen MR) is 143 cm³/mol. The van der Waals surface area contributed by atoms with Gasteiger partial charge in [-0.3, -0.25) is 9.88 Å². The maximum Gasteiger partial charge on any atom is 0.0594 e. The number of benzene rings is 2. The van der Waals surface area contributed by atoms with Gasteiger partial charge < -0.3 is 25.7 Å². The van der Waals surface area contributed by atoms with Crippen molar-refractivity contribution in [3.63, 3.8) is 0 Å². The number of morpholine rings is 1. The second kappa shape index (κ2) is 11.8. The first-order valence-electron chi connectivity index (χ1n) is 12.5. The van der Waals surface area contributed by atoms with E-state index in [4.69, 9.17) is 4.74 Å². The van der Waals surface area contributed by atoms with Crippen LogP contribution >= 0.6 is 0 Å². The number of hydrogen-bond acceptors (Lipinski definition) is 6. The van der Waals surface area contributed by atoms with Gasteiger partial charge in [0.2, 0.25) is 0 Å². The van der Waals surface area contributed by atoms with Gasteiger partial charge in [0.1, 0.15) is 0 Å². The number of fused-ring (bicyclic) bond motifs is 1. The monoisotopic (exact) mass is 470 g/mol. The zero-order valence-corrected chi connectivity index (χ0v) is 20.1. The molecule has 1 saturated heterocycles. The molecule has 3 heterocycles. The summed E-state index contributed by atoms with van der Waals surface area (Å²) in [7, 11) is 0. The van der Waals surface area contributed by atoms with E-state index in [1.165, 1.54) is 16.5 Å². The van der Waals surface area contributed by atoms with Crippen molar-refractivity contribution in [2.75, 3.05) is 56.6 Å². The lowest BCUT2D eigenvalue weighted by atomic mass is 10.1. The third kappa shape index (κ3) is 6.60. The fourth-order valence-electron chi connectivity index (χ4n) is 4.45. The van der Waals surface area contributed by atoms with Crippen molar-refractivity contribution < 1.29 is 4.74 Å². The van der Waals surface area contributed by atoms with E-state index in [9.17, 15) is 0 Å². The number of aromatic amines is 1. The SMILES string of the molecule is c1ccc2c(CCNc3ccc(Nc4ccnc(CNCCN5CCOCC5)c4)cc3)c[nH]c2c1. The molecular formula is C28H34N6O. The summed E-state index contributed by atoms with van der Waals surface area (Å²) in [4.78, 5) is 10.3. The summed E-state index contributed by atoms with van der Waals surface area (Å²) in [6.07, 6.45) is 4.95. The van der Waals surface area contributed by atoms with Crippen molar-refractivity contribution in [2.24, 2.45) is 0 Å². The van der Waals surface area contributed by atoms with Crippen LogP contribution in [0.3, 0.4) is 0 Å². The number of hydrogen-bond donors (Lipinski definition) is 4. The fourth-order valence-corrected chi connectivity index (χ4v) is 4.45. The van der Waals surface area contributed by atoms with E-state index in [-0.39, 0.29) is 0 Å². The molecule has 1 aliphatic rings. The lowest BCUT2D eigenvalue weighted by molar-refractivity contribution is 0.0384. The summed E-state index contributed by atoms with van der Waals surface area (Å²) in [6.45, 7) is 7.39. The highest BCUT2D eigenvalue weighted by Crippen LogP contribution is 2.21. The molecule has 0 aliphatic carbocycles. The number of para-hydroxylation sites is 1. The average molecular weight is 471 g/mol. The molecule has 0 saturated carbocycles. The Morgan fingerprint density at radius 3 is 2.63 bits per heavy atom. The smallest absolute Gasteiger partial charge is 0.0594 e. The number of H-pyrrole nitrogens is 1. The van der Waals surface area contributed by atoms with Crippen LogP contribution in [-0.2, 0) is 17.7 Å². The van der Waals surface area contributed by atoms with Gasteiger partial charge in [-0.05, 0) is 54.4 Å². The highest BCUT2D eigenvalue weighted by atomic mass is 16.5. The third-order valence-corrected chi connectivity index (χ3v) is 6.40. The van der Waals surface area contributed by atoms with Crippen LogP contribution in [0.4, 0.5) is 17.1 Å². The lowest BCUT2D eigenvalue weighted by Gasteiger charge is -2.26. The van der Waals surface area contributed by atoms with Crippen LogP contribution in [0, 0.1) is 0 Å². The van der Waals surface area contributed by atoms with Crippen LogP contribution < -0.4 is 16.0 Å². The second-order valence-corrected chi connectivity index (χ2v) is 8.91. The Hall–Kier alpha value is -3.39. The molecule has 0 bridgehead atoms. The predicted octanol–water partition coefficient (Wildman–Crippen LogP) is 4.38. The Labute approximate surface area is 206 Å². The topological polar surface area (TPSA) is 77.2 Å². The molecule has 0 atom stereocenters. The molecule has 5 rings (SSSR count). The molecule has 182 valence electrons. The van der Waals surface area contributed by atoms with E-state index in [2.05, 4.69) is 91.6 Å². The highest BCUT2D eigenvalue weighted by Gasteiger charge is 2.09. The number of ether oxygens (including phenoxy) is 1. The summed E-state index contributed by atoms with van der Waals surface area (Å²) in [5, 5.41) is 11.8. The number of aromatic nitrogens is 2. The minimum atomic E-state index is 0.763. The van der Waals surface area contributed by atoms with Gasteiger partial charge in [-0.2, -0.15) is 0 Å². The second-order valence-electron chi connectivity index (χ2n) is 8.91. The quantitative estimate of drug-likeness (QED) is 0.244. The largest absolute Gasteiger partial charge is 0.385 e. The summed E-state index contributed by atoms with van der Waals surface area (Å²) in [5.41, 5.74) is 6.80. The van der Waals surface area contributed by atoms with Crippen LogP contribution in [-0.4, -0.2) is 60.8 Å². The Morgan fingerprint density at radius 1 is 0.914 bits per heavy atom. The van der Waals surface area contributed by atoms with Crippen LogP contribution in [0.15, 0.2) is 73.1 Å². The minimum Gasteiger partial charge on any atom is -0.385 e. The Balaban J connectivity index is 1.06. The van der Waals surface area contributed by atoms with Gasteiger partial charge in [0.15, 0.2) is 0 Å². The van der Waals surface area contributed by atoms with E-state index in [1.54, 1.807) is 0 Å². The molecule has 7 heteroatoms. The van der Waals surface area contributed by atoms with Gasteiger partial charge in [-0.1, -0.05) is 18.2 Å². The lowest BCUT2D eigenvalue weighted by Crippen LogP contribution is -2.40. The van der Waals surface area contributed by atoms with Gasteiger partial charge in [0.25, 0.3) is 0 Å². The van der Waals surface area contributed by atoms with Gasteiger partial charge in [-0.15, -0.1) is 0 Å². The van der Waals surface area contributed by atoms with Crippen LogP contribution in [0.5, 0.6) is 0 Å². The molecule has 7 nitrogen and oxygen atoms in total. The first-order chi connectivity index (χ1) is 17.3. The Kier molecular flexibility index (Phi) is 7.90. The first kappa shape index (κ1) is 23.4. The van der Waals surface area contributed by atoms with Crippen molar-refractivity contribution >= 4 is 28.0 Å². The van der Waals surface area contributed by atoms with E-state index in [0.717, 1.165) is 81.7 Å².